The van der Waals surface area contributed by atoms with Gasteiger partial charge in [-0.25, -0.2) is 0 Å². The van der Waals surface area contributed by atoms with Crippen LogP contribution in [0.1, 0.15) is 12.5 Å². The smallest absolute Gasteiger partial charge is 0.374 e. The van der Waals surface area contributed by atoms with E-state index in [0.717, 1.165) is 24.3 Å². The molecule has 0 heterocycles. The number of rotatable bonds is 4. The second-order valence-electron chi connectivity index (χ2n) is 4.27. The normalized spacial score (nSPS) is 13.7. The van der Waals surface area contributed by atoms with Gasteiger partial charge in [-0.2, -0.15) is 26.3 Å². The highest BCUT2D eigenvalue weighted by molar-refractivity contribution is 5.84. The molecular formula is C12H12F6N2O. The van der Waals surface area contributed by atoms with Crippen LogP contribution in [-0.4, -0.2) is 24.7 Å². The fraction of sp³-hybridized carbons (Fsp3) is 0.417. The van der Waals surface area contributed by atoms with E-state index in [0.29, 0.717) is 0 Å². The first-order chi connectivity index (χ1) is 9.49. The number of anilines is 1. The van der Waals surface area contributed by atoms with E-state index in [2.05, 4.69) is 5.32 Å². The third-order valence-corrected chi connectivity index (χ3v) is 2.45. The van der Waals surface area contributed by atoms with Crippen LogP contribution in [0.5, 0.6) is 0 Å². The van der Waals surface area contributed by atoms with Gasteiger partial charge in [0.25, 0.3) is 0 Å². The first-order valence-corrected chi connectivity index (χ1v) is 5.77. The molecule has 1 rings (SSSR count). The van der Waals surface area contributed by atoms with Crippen LogP contribution < -0.4 is 10.6 Å². The van der Waals surface area contributed by atoms with E-state index in [1.165, 1.54) is 6.92 Å². The van der Waals surface area contributed by atoms with Gasteiger partial charge in [-0.3, -0.25) is 4.79 Å². The molecule has 3 nitrogen and oxygen atoms in total. The van der Waals surface area contributed by atoms with Crippen LogP contribution in [0.25, 0.3) is 0 Å². The molecule has 0 radical (unpaired) electrons. The van der Waals surface area contributed by atoms with Crippen LogP contribution >= 0.6 is 0 Å². The Kier molecular flexibility index (Phi) is 5.08. The van der Waals surface area contributed by atoms with E-state index in [4.69, 9.17) is 0 Å². The Morgan fingerprint density at radius 3 is 2.05 bits per heavy atom. The lowest BCUT2D eigenvalue weighted by Gasteiger charge is -2.16. The van der Waals surface area contributed by atoms with Crippen LogP contribution in [0.3, 0.4) is 0 Å². The summed E-state index contributed by atoms with van der Waals surface area (Å²) in [5.41, 5.74) is -0.667. The molecule has 118 valence electrons. The zero-order chi connectivity index (χ0) is 16.3. The number of benzene rings is 1. The molecule has 0 fully saturated rings. The molecule has 0 saturated heterocycles. The summed E-state index contributed by atoms with van der Waals surface area (Å²) in [7, 11) is 0. The number of amides is 1. The number of alkyl halides is 6. The van der Waals surface area contributed by atoms with Crippen molar-refractivity contribution in [1.29, 1.82) is 0 Å². The van der Waals surface area contributed by atoms with Crippen LogP contribution in [0.15, 0.2) is 24.3 Å². The summed E-state index contributed by atoms with van der Waals surface area (Å²) < 4.78 is 72.8. The van der Waals surface area contributed by atoms with Crippen molar-refractivity contribution in [3.8, 4) is 0 Å². The summed E-state index contributed by atoms with van der Waals surface area (Å²) >= 11 is 0. The lowest BCUT2D eigenvalue weighted by molar-refractivity contribution is -0.138. The summed E-state index contributed by atoms with van der Waals surface area (Å²) in [6.45, 7) is -0.172. The molecule has 1 atom stereocenters. The highest BCUT2D eigenvalue weighted by Gasteiger charge is 2.30. The summed E-state index contributed by atoms with van der Waals surface area (Å²) in [5.74, 6) is -0.910. The molecule has 0 aliphatic carbocycles. The fourth-order valence-electron chi connectivity index (χ4n) is 1.41. The Labute approximate surface area is 116 Å². The van der Waals surface area contributed by atoms with Crippen LogP contribution in [0, 0.1) is 0 Å². The summed E-state index contributed by atoms with van der Waals surface area (Å²) in [6, 6.07) is 2.78. The number of carbonyl (C=O) groups is 1. The molecule has 1 unspecified atom stereocenters. The Morgan fingerprint density at radius 2 is 1.62 bits per heavy atom. The van der Waals surface area contributed by atoms with Crippen molar-refractivity contribution < 1.29 is 31.1 Å². The Morgan fingerprint density at radius 1 is 1.10 bits per heavy atom. The second kappa shape index (κ2) is 6.23. The molecule has 0 saturated carbocycles. The molecule has 0 aliphatic heterocycles. The van der Waals surface area contributed by atoms with Crippen LogP contribution in [0.4, 0.5) is 32.0 Å². The predicted octanol–water partition coefficient (Wildman–Crippen LogP) is 3.18. The van der Waals surface area contributed by atoms with Crippen molar-refractivity contribution in [3.63, 3.8) is 0 Å². The molecule has 1 aromatic carbocycles. The van der Waals surface area contributed by atoms with Crippen LogP contribution in [-0.2, 0) is 11.0 Å². The van der Waals surface area contributed by atoms with Gasteiger partial charge in [0, 0.05) is 5.69 Å². The molecule has 0 bridgehead atoms. The minimum atomic E-state index is -4.52. The topological polar surface area (TPSA) is 41.1 Å². The maximum Gasteiger partial charge on any atom is 0.416 e. The molecular weight excluding hydrogens is 302 g/mol. The number of nitrogens with one attached hydrogen (secondary N) is 2. The Hall–Kier alpha value is -1.93. The third kappa shape index (κ3) is 5.92. The minimum absolute atomic E-state index is 0.192. The fourth-order valence-corrected chi connectivity index (χ4v) is 1.41. The van der Waals surface area contributed by atoms with Crippen LogP contribution in [0.2, 0.25) is 0 Å². The van der Waals surface area contributed by atoms with Crippen molar-refractivity contribution in [1.82, 2.24) is 5.32 Å². The molecule has 9 heteroatoms. The standard InChI is InChI=1S/C12H12F6N2O/c1-7(10(21)19-6-11(13,14)15)20-9-4-2-8(3-5-9)12(16,17)18/h2-5,7,20H,6H2,1H3,(H,19,21). The lowest BCUT2D eigenvalue weighted by atomic mass is 10.2. The van der Waals surface area contributed by atoms with E-state index in [1.54, 1.807) is 5.32 Å². The number of hydrogen-bond acceptors (Lipinski definition) is 2. The molecule has 0 aliphatic rings. The predicted molar refractivity (Wildman–Crippen MR) is 63.6 cm³/mol. The average molecular weight is 314 g/mol. The van der Waals surface area contributed by atoms with E-state index >= 15 is 0 Å². The summed E-state index contributed by atoms with van der Waals surface area (Å²) in [6.07, 6.45) is -9.00. The van der Waals surface area contributed by atoms with Crippen molar-refractivity contribution in [3.05, 3.63) is 29.8 Å². The maximum atomic E-state index is 12.3. The molecule has 0 aromatic heterocycles. The third-order valence-electron chi connectivity index (χ3n) is 2.45. The molecule has 2 N–H and O–H groups in total. The van der Waals surface area contributed by atoms with Gasteiger partial charge in [0.15, 0.2) is 0 Å². The first kappa shape index (κ1) is 17.1. The quantitative estimate of drug-likeness (QED) is 0.838. The second-order valence-corrected chi connectivity index (χ2v) is 4.27. The van der Waals surface area contributed by atoms with Crippen molar-refractivity contribution in [2.75, 3.05) is 11.9 Å². The molecule has 21 heavy (non-hydrogen) atoms. The van der Waals surface area contributed by atoms with Crippen molar-refractivity contribution >= 4 is 11.6 Å². The SMILES string of the molecule is CC(Nc1ccc(C(F)(F)F)cc1)C(=O)NCC(F)(F)F. The molecule has 1 amide bonds. The zero-order valence-corrected chi connectivity index (χ0v) is 10.8. The van der Waals surface area contributed by atoms with Gasteiger partial charge >= 0.3 is 12.4 Å². The monoisotopic (exact) mass is 314 g/mol. The molecule has 0 spiro atoms. The highest BCUT2D eigenvalue weighted by Crippen LogP contribution is 2.29. The maximum absolute atomic E-state index is 12.3. The lowest BCUT2D eigenvalue weighted by Crippen LogP contribution is -2.42. The van der Waals surface area contributed by atoms with Gasteiger partial charge in [-0.1, -0.05) is 0 Å². The van der Waals surface area contributed by atoms with Gasteiger partial charge in [-0.05, 0) is 31.2 Å². The largest absolute Gasteiger partial charge is 0.416 e. The van der Waals surface area contributed by atoms with Gasteiger partial charge in [0.05, 0.1) is 5.56 Å². The zero-order valence-electron chi connectivity index (χ0n) is 10.8. The van der Waals surface area contributed by atoms with Gasteiger partial charge in [0.2, 0.25) is 5.91 Å². The van der Waals surface area contributed by atoms with Gasteiger partial charge in [-0.15, -0.1) is 0 Å². The van der Waals surface area contributed by atoms with Crippen molar-refractivity contribution in [2.24, 2.45) is 0 Å². The first-order valence-electron chi connectivity index (χ1n) is 5.77. The summed E-state index contributed by atoms with van der Waals surface area (Å²) in [4.78, 5) is 11.4. The highest BCUT2D eigenvalue weighted by atomic mass is 19.4. The average Bonchev–Trinajstić information content (AvgIpc) is 2.34. The number of hydrogen-bond donors (Lipinski definition) is 2. The van der Waals surface area contributed by atoms with Gasteiger partial charge in [0.1, 0.15) is 12.6 Å². The minimum Gasteiger partial charge on any atom is -0.374 e. The number of carbonyl (C=O) groups excluding carboxylic acids is 1. The van der Waals surface area contributed by atoms with Gasteiger partial charge < -0.3 is 10.6 Å². The summed E-state index contributed by atoms with van der Waals surface area (Å²) in [5, 5.41) is 4.18. The molecule has 1 aromatic rings. The number of halogens is 6. The Bertz CT molecular complexity index is 480. The van der Waals surface area contributed by atoms with E-state index in [1.807, 2.05) is 0 Å². The Balaban J connectivity index is 2.58. The van der Waals surface area contributed by atoms with E-state index < -0.39 is 36.4 Å². The van der Waals surface area contributed by atoms with Crippen molar-refractivity contribution in [2.45, 2.75) is 25.3 Å². The van der Waals surface area contributed by atoms with E-state index in [9.17, 15) is 31.1 Å². The van der Waals surface area contributed by atoms with E-state index in [-0.39, 0.29) is 5.69 Å².